The van der Waals surface area contributed by atoms with Crippen LogP contribution in [0.25, 0.3) is 0 Å². The van der Waals surface area contributed by atoms with Crippen LogP contribution in [0.5, 0.6) is 0 Å². The van der Waals surface area contributed by atoms with Gasteiger partial charge in [0.1, 0.15) is 11.7 Å². The summed E-state index contributed by atoms with van der Waals surface area (Å²) in [5, 5.41) is 11.4. The predicted octanol–water partition coefficient (Wildman–Crippen LogP) is 3.33. The highest BCUT2D eigenvalue weighted by molar-refractivity contribution is 5.83. The van der Waals surface area contributed by atoms with Crippen LogP contribution in [0.3, 0.4) is 0 Å². The normalized spacial score (nSPS) is 15.7. The second-order valence-corrected chi connectivity index (χ2v) is 7.09. The molecule has 2 aromatic carbocycles. The minimum Gasteiger partial charge on any atom is -0.363 e. The highest BCUT2D eigenvalue weighted by Gasteiger charge is 2.33. The van der Waals surface area contributed by atoms with Crippen molar-refractivity contribution in [2.24, 2.45) is 0 Å². The monoisotopic (exact) mass is 396 g/mol. The van der Waals surface area contributed by atoms with Gasteiger partial charge in [0.15, 0.2) is 0 Å². The molecule has 1 saturated heterocycles. The molecule has 7 nitrogen and oxygen atoms in total. The first-order chi connectivity index (χ1) is 14.1. The molecule has 29 heavy (non-hydrogen) atoms. The number of nitrogens with zero attached hydrogens (tertiary/aromatic N) is 4. The summed E-state index contributed by atoms with van der Waals surface area (Å²) < 4.78 is 0. The fraction of sp³-hybridized carbons (Fsp3) is 0.409. The molecule has 1 aliphatic rings. The summed E-state index contributed by atoms with van der Waals surface area (Å²) in [4.78, 5) is 30.4. The topological polar surface area (TPSA) is 69.9 Å². The Bertz CT molecular complexity index is 831. The smallest absolute Gasteiger partial charge is 0.292 e. The van der Waals surface area contributed by atoms with Crippen LogP contribution in [-0.4, -0.2) is 59.9 Å². The molecule has 2 aromatic rings. The van der Waals surface area contributed by atoms with Gasteiger partial charge in [0, 0.05) is 45.3 Å². The molecular formula is C22H28N4O3. The van der Waals surface area contributed by atoms with E-state index in [0.717, 1.165) is 5.56 Å². The fourth-order valence-electron chi connectivity index (χ4n) is 3.96. The van der Waals surface area contributed by atoms with Gasteiger partial charge in [-0.1, -0.05) is 42.5 Å². The summed E-state index contributed by atoms with van der Waals surface area (Å²) in [6, 6.07) is 16.4. The third kappa shape index (κ3) is 4.56. The Hall–Kier alpha value is -2.93. The Kier molecular flexibility index (Phi) is 6.82. The van der Waals surface area contributed by atoms with Crippen molar-refractivity contribution in [1.29, 1.82) is 0 Å². The number of hydrogen-bond acceptors (Lipinski definition) is 5. The van der Waals surface area contributed by atoms with Crippen LogP contribution in [0.2, 0.25) is 0 Å². The highest BCUT2D eigenvalue weighted by Crippen LogP contribution is 2.30. The van der Waals surface area contributed by atoms with E-state index in [1.807, 2.05) is 60.0 Å². The van der Waals surface area contributed by atoms with Crippen LogP contribution in [0.4, 0.5) is 11.4 Å². The summed E-state index contributed by atoms with van der Waals surface area (Å²) in [5.74, 6) is 0.111. The number of piperazine rings is 1. The van der Waals surface area contributed by atoms with E-state index in [-0.39, 0.29) is 22.6 Å². The first kappa shape index (κ1) is 20.8. The number of carbonyl (C=O) groups is 1. The van der Waals surface area contributed by atoms with E-state index >= 15 is 0 Å². The van der Waals surface area contributed by atoms with Gasteiger partial charge in [0.05, 0.1) is 4.92 Å². The highest BCUT2D eigenvalue weighted by atomic mass is 16.6. The van der Waals surface area contributed by atoms with Gasteiger partial charge in [-0.25, -0.2) is 0 Å². The SMILES string of the molecule is CCN(CC)C(=O)C(c1ccccc1)N1CCN(c2ccccc2[N+](=O)[O-])CC1. The average Bonchev–Trinajstić information content (AvgIpc) is 2.76. The number of carbonyl (C=O) groups excluding carboxylic acids is 1. The number of amides is 1. The summed E-state index contributed by atoms with van der Waals surface area (Å²) in [6.07, 6.45) is 0. The Labute approximate surface area is 171 Å². The van der Waals surface area contributed by atoms with E-state index in [9.17, 15) is 14.9 Å². The van der Waals surface area contributed by atoms with Gasteiger partial charge in [0.25, 0.3) is 5.69 Å². The largest absolute Gasteiger partial charge is 0.363 e. The van der Waals surface area contributed by atoms with E-state index in [1.165, 1.54) is 0 Å². The molecule has 0 saturated carbocycles. The van der Waals surface area contributed by atoms with Gasteiger partial charge in [-0.05, 0) is 25.5 Å². The van der Waals surface area contributed by atoms with Crippen molar-refractivity contribution >= 4 is 17.3 Å². The Morgan fingerprint density at radius 1 is 1.00 bits per heavy atom. The number of para-hydroxylation sites is 2. The second-order valence-electron chi connectivity index (χ2n) is 7.09. The summed E-state index contributed by atoms with van der Waals surface area (Å²) >= 11 is 0. The summed E-state index contributed by atoms with van der Waals surface area (Å²) in [7, 11) is 0. The number of nitro benzene ring substituents is 1. The van der Waals surface area contributed by atoms with Crippen molar-refractivity contribution in [3.05, 3.63) is 70.3 Å². The van der Waals surface area contributed by atoms with Crippen LogP contribution in [0.1, 0.15) is 25.5 Å². The van der Waals surface area contributed by atoms with Crippen LogP contribution < -0.4 is 4.90 Å². The molecule has 154 valence electrons. The molecular weight excluding hydrogens is 368 g/mol. The number of hydrogen-bond donors (Lipinski definition) is 0. The maximum absolute atomic E-state index is 13.3. The number of nitro groups is 1. The molecule has 3 rings (SSSR count). The first-order valence-electron chi connectivity index (χ1n) is 10.1. The summed E-state index contributed by atoms with van der Waals surface area (Å²) in [5.41, 5.74) is 1.76. The van der Waals surface area contributed by atoms with Crippen LogP contribution in [0.15, 0.2) is 54.6 Å². The number of anilines is 1. The number of rotatable bonds is 7. The van der Waals surface area contributed by atoms with E-state index < -0.39 is 0 Å². The lowest BCUT2D eigenvalue weighted by Gasteiger charge is -2.40. The van der Waals surface area contributed by atoms with E-state index in [4.69, 9.17) is 0 Å². The van der Waals surface area contributed by atoms with Gasteiger partial charge >= 0.3 is 0 Å². The van der Waals surface area contributed by atoms with Gasteiger partial charge in [0.2, 0.25) is 5.91 Å². The molecule has 1 aliphatic heterocycles. The molecule has 0 aliphatic carbocycles. The van der Waals surface area contributed by atoms with Gasteiger partial charge in [-0.15, -0.1) is 0 Å². The van der Waals surface area contributed by atoms with Crippen LogP contribution in [0, 0.1) is 10.1 Å². The molecule has 1 heterocycles. The molecule has 0 N–H and O–H groups in total. The molecule has 1 atom stereocenters. The van der Waals surface area contributed by atoms with Crippen LogP contribution >= 0.6 is 0 Å². The van der Waals surface area contributed by atoms with Crippen molar-refractivity contribution in [2.75, 3.05) is 44.2 Å². The molecule has 1 amide bonds. The van der Waals surface area contributed by atoms with Gasteiger partial charge in [-0.2, -0.15) is 0 Å². The zero-order valence-electron chi connectivity index (χ0n) is 17.0. The first-order valence-corrected chi connectivity index (χ1v) is 10.1. The third-order valence-corrected chi connectivity index (χ3v) is 5.52. The fourth-order valence-corrected chi connectivity index (χ4v) is 3.96. The average molecular weight is 396 g/mol. The Morgan fingerprint density at radius 2 is 1.59 bits per heavy atom. The summed E-state index contributed by atoms with van der Waals surface area (Å²) in [6.45, 7) is 7.95. The molecule has 7 heteroatoms. The lowest BCUT2D eigenvalue weighted by atomic mass is 10.0. The lowest BCUT2D eigenvalue weighted by Crippen LogP contribution is -2.51. The van der Waals surface area contributed by atoms with Gasteiger partial charge < -0.3 is 9.80 Å². The molecule has 0 bridgehead atoms. The minimum atomic E-state index is -0.335. The maximum atomic E-state index is 13.3. The van der Waals surface area contributed by atoms with Gasteiger partial charge in [-0.3, -0.25) is 19.8 Å². The Balaban J connectivity index is 1.80. The van der Waals surface area contributed by atoms with Crippen molar-refractivity contribution in [3.63, 3.8) is 0 Å². The quantitative estimate of drug-likeness (QED) is 0.530. The molecule has 0 aromatic heterocycles. The van der Waals surface area contributed by atoms with Crippen molar-refractivity contribution in [3.8, 4) is 0 Å². The third-order valence-electron chi connectivity index (χ3n) is 5.52. The standard InChI is InChI=1S/C22H28N4O3/c1-3-23(4-2)22(27)21(18-10-6-5-7-11-18)25-16-14-24(15-17-25)19-12-8-9-13-20(19)26(28)29/h5-13,21H,3-4,14-17H2,1-2H3. The maximum Gasteiger partial charge on any atom is 0.292 e. The molecule has 1 fully saturated rings. The molecule has 0 spiro atoms. The van der Waals surface area contributed by atoms with Crippen molar-refractivity contribution < 1.29 is 9.72 Å². The zero-order valence-corrected chi connectivity index (χ0v) is 17.0. The van der Waals surface area contributed by atoms with Crippen molar-refractivity contribution in [2.45, 2.75) is 19.9 Å². The van der Waals surface area contributed by atoms with E-state index in [1.54, 1.807) is 18.2 Å². The minimum absolute atomic E-state index is 0.111. The van der Waals surface area contributed by atoms with Crippen LogP contribution in [-0.2, 0) is 4.79 Å². The van der Waals surface area contributed by atoms with Crippen molar-refractivity contribution in [1.82, 2.24) is 9.80 Å². The Morgan fingerprint density at radius 3 is 2.17 bits per heavy atom. The van der Waals surface area contributed by atoms with E-state index in [0.29, 0.717) is 45.0 Å². The molecule has 0 radical (unpaired) electrons. The lowest BCUT2D eigenvalue weighted by molar-refractivity contribution is -0.384. The molecule has 1 unspecified atom stereocenters. The second kappa shape index (κ2) is 9.52. The number of likely N-dealkylation sites (N-methyl/N-ethyl adjacent to an activating group) is 1. The predicted molar refractivity (Wildman–Crippen MR) is 114 cm³/mol. The number of benzene rings is 2. The van der Waals surface area contributed by atoms with E-state index in [2.05, 4.69) is 4.90 Å². The zero-order chi connectivity index (χ0) is 20.8.